The van der Waals surface area contributed by atoms with E-state index in [-0.39, 0.29) is 18.5 Å². The van der Waals surface area contributed by atoms with Gasteiger partial charge in [0.05, 0.1) is 22.2 Å². The second-order valence-electron chi connectivity index (χ2n) is 5.58. The van der Waals surface area contributed by atoms with Gasteiger partial charge in [0.15, 0.2) is 0 Å². The van der Waals surface area contributed by atoms with Crippen molar-refractivity contribution in [2.75, 3.05) is 26.2 Å². The van der Waals surface area contributed by atoms with Gasteiger partial charge in [-0.05, 0) is 31.5 Å². The molecule has 2 rings (SSSR count). The summed E-state index contributed by atoms with van der Waals surface area (Å²) in [6.07, 6.45) is 1.49. The number of nitrogens with zero attached hydrogens (tertiary/aromatic N) is 2. The Morgan fingerprint density at radius 1 is 1.26 bits per heavy atom. The van der Waals surface area contributed by atoms with E-state index in [1.807, 2.05) is 11.8 Å². The van der Waals surface area contributed by atoms with Crippen molar-refractivity contribution in [3.05, 3.63) is 33.8 Å². The van der Waals surface area contributed by atoms with Crippen molar-refractivity contribution in [3.63, 3.8) is 0 Å². The molecule has 1 aromatic rings. The second-order valence-corrected chi connectivity index (χ2v) is 6.39. The Hall–Kier alpha value is -1.30. The van der Waals surface area contributed by atoms with Crippen molar-refractivity contribution in [2.24, 2.45) is 0 Å². The van der Waals surface area contributed by atoms with E-state index in [4.69, 9.17) is 28.3 Å². The van der Waals surface area contributed by atoms with Gasteiger partial charge in [-0.3, -0.25) is 14.5 Å². The molecular weight excluding hydrogens is 339 g/mol. The number of piperidine rings is 1. The van der Waals surface area contributed by atoms with Gasteiger partial charge in [-0.15, -0.1) is 0 Å². The van der Waals surface area contributed by atoms with E-state index in [1.54, 1.807) is 23.1 Å². The fraction of sp³-hybridized carbons (Fsp3) is 0.500. The highest BCUT2D eigenvalue weighted by atomic mass is 35.5. The number of likely N-dealkylation sites (N-methyl/N-ethyl adjacent to an activating group) is 1. The number of likely N-dealkylation sites (tertiary alicyclic amines) is 1. The summed E-state index contributed by atoms with van der Waals surface area (Å²) in [5.74, 6) is -0.992. The Kier molecular flexibility index (Phi) is 6.27. The van der Waals surface area contributed by atoms with Gasteiger partial charge >= 0.3 is 5.97 Å². The molecule has 23 heavy (non-hydrogen) atoms. The minimum atomic E-state index is -0.826. The fourth-order valence-electron chi connectivity index (χ4n) is 2.97. The van der Waals surface area contributed by atoms with Gasteiger partial charge in [-0.25, -0.2) is 0 Å². The maximum Gasteiger partial charge on any atom is 0.317 e. The van der Waals surface area contributed by atoms with Crippen LogP contribution in [0.5, 0.6) is 0 Å². The van der Waals surface area contributed by atoms with Crippen molar-refractivity contribution in [2.45, 2.75) is 25.8 Å². The first-order valence-corrected chi connectivity index (χ1v) is 8.38. The molecule has 1 aliphatic heterocycles. The highest BCUT2D eigenvalue weighted by Gasteiger charge is 2.29. The Labute approximate surface area is 145 Å². The van der Waals surface area contributed by atoms with Crippen LogP contribution in [0.3, 0.4) is 0 Å². The van der Waals surface area contributed by atoms with Crippen LogP contribution in [-0.2, 0) is 4.79 Å². The molecule has 0 unspecified atom stereocenters. The van der Waals surface area contributed by atoms with E-state index in [2.05, 4.69) is 0 Å². The minimum Gasteiger partial charge on any atom is -0.480 e. The average molecular weight is 359 g/mol. The van der Waals surface area contributed by atoms with Crippen LogP contribution in [0.4, 0.5) is 0 Å². The predicted molar refractivity (Wildman–Crippen MR) is 90.3 cm³/mol. The molecule has 1 amide bonds. The molecule has 1 heterocycles. The number of carbonyl (C=O) groups excluding carboxylic acids is 1. The van der Waals surface area contributed by atoms with Crippen molar-refractivity contribution >= 4 is 35.1 Å². The zero-order valence-corrected chi connectivity index (χ0v) is 14.5. The lowest BCUT2D eigenvalue weighted by Crippen LogP contribution is -2.48. The van der Waals surface area contributed by atoms with Crippen molar-refractivity contribution in [1.29, 1.82) is 0 Å². The van der Waals surface area contributed by atoms with Crippen LogP contribution in [0.25, 0.3) is 0 Å². The van der Waals surface area contributed by atoms with Gasteiger partial charge in [-0.2, -0.15) is 0 Å². The van der Waals surface area contributed by atoms with Gasteiger partial charge in [0.2, 0.25) is 0 Å². The lowest BCUT2D eigenvalue weighted by molar-refractivity contribution is -0.139. The maximum absolute atomic E-state index is 12.6. The van der Waals surface area contributed by atoms with E-state index in [1.165, 1.54) is 0 Å². The lowest BCUT2D eigenvalue weighted by atomic mass is 10.0. The van der Waals surface area contributed by atoms with Gasteiger partial charge in [0.1, 0.15) is 0 Å². The number of carbonyl (C=O) groups is 2. The number of hydrogen-bond acceptors (Lipinski definition) is 3. The van der Waals surface area contributed by atoms with E-state index in [0.717, 1.165) is 12.8 Å². The first-order chi connectivity index (χ1) is 10.9. The number of carboxylic acids is 1. The van der Waals surface area contributed by atoms with Crippen LogP contribution in [-0.4, -0.2) is 59.0 Å². The number of carboxylic acid groups (broad SMARTS) is 1. The molecule has 126 valence electrons. The Balaban J connectivity index is 2.01. The van der Waals surface area contributed by atoms with E-state index < -0.39 is 5.97 Å². The van der Waals surface area contributed by atoms with Gasteiger partial charge < -0.3 is 10.0 Å². The molecular formula is C16H20Cl2N2O3. The monoisotopic (exact) mass is 358 g/mol. The maximum atomic E-state index is 12.6. The van der Waals surface area contributed by atoms with Crippen LogP contribution >= 0.6 is 23.2 Å². The predicted octanol–water partition coefficient (Wildman–Crippen LogP) is 3.00. The molecule has 0 aliphatic carbocycles. The summed E-state index contributed by atoms with van der Waals surface area (Å²) in [7, 11) is 0. The fourth-order valence-corrected chi connectivity index (χ4v) is 3.53. The van der Waals surface area contributed by atoms with E-state index in [0.29, 0.717) is 35.2 Å². The summed E-state index contributed by atoms with van der Waals surface area (Å²) in [6.45, 7) is 3.80. The summed E-state index contributed by atoms with van der Waals surface area (Å²) >= 11 is 12.2. The number of aliphatic carboxylic acids is 1. The SMILES string of the molecule is CCN(CC(=O)O)C1CCN(C(=O)c2c(Cl)cccc2Cl)CC1. The molecule has 5 nitrogen and oxygen atoms in total. The highest BCUT2D eigenvalue weighted by molar-refractivity contribution is 6.39. The highest BCUT2D eigenvalue weighted by Crippen LogP contribution is 2.27. The van der Waals surface area contributed by atoms with E-state index >= 15 is 0 Å². The molecule has 0 spiro atoms. The van der Waals surface area contributed by atoms with Crippen LogP contribution in [0.2, 0.25) is 10.0 Å². The summed E-state index contributed by atoms with van der Waals surface area (Å²) in [5.41, 5.74) is 0.340. The third-order valence-electron chi connectivity index (χ3n) is 4.19. The number of rotatable bonds is 5. The number of amides is 1. The smallest absolute Gasteiger partial charge is 0.317 e. The molecule has 1 aliphatic rings. The normalized spacial score (nSPS) is 15.9. The first-order valence-electron chi connectivity index (χ1n) is 7.63. The Morgan fingerprint density at radius 3 is 2.30 bits per heavy atom. The van der Waals surface area contributed by atoms with Crippen LogP contribution in [0.1, 0.15) is 30.1 Å². The molecule has 0 saturated carbocycles. The number of benzene rings is 1. The van der Waals surface area contributed by atoms with Crippen LogP contribution < -0.4 is 0 Å². The largest absolute Gasteiger partial charge is 0.480 e. The summed E-state index contributed by atoms with van der Waals surface area (Å²) < 4.78 is 0. The number of halogens is 2. The van der Waals surface area contributed by atoms with Gasteiger partial charge in [0, 0.05) is 19.1 Å². The van der Waals surface area contributed by atoms with Crippen molar-refractivity contribution in [3.8, 4) is 0 Å². The number of hydrogen-bond donors (Lipinski definition) is 1. The van der Waals surface area contributed by atoms with E-state index in [9.17, 15) is 9.59 Å². The quantitative estimate of drug-likeness (QED) is 0.878. The molecule has 1 aromatic carbocycles. The van der Waals surface area contributed by atoms with Gasteiger partial charge in [-0.1, -0.05) is 36.2 Å². The molecule has 1 saturated heterocycles. The average Bonchev–Trinajstić information content (AvgIpc) is 2.52. The molecule has 0 radical (unpaired) electrons. The zero-order valence-electron chi connectivity index (χ0n) is 13.0. The molecule has 1 N–H and O–H groups in total. The Morgan fingerprint density at radius 2 is 1.83 bits per heavy atom. The summed E-state index contributed by atoms with van der Waals surface area (Å²) in [5, 5.41) is 9.67. The molecule has 0 atom stereocenters. The van der Waals surface area contributed by atoms with Crippen LogP contribution in [0.15, 0.2) is 18.2 Å². The molecule has 1 fully saturated rings. The standard InChI is InChI=1S/C16H20Cl2N2O3/c1-2-19(10-14(21)22)11-6-8-20(9-7-11)16(23)15-12(17)4-3-5-13(15)18/h3-5,11H,2,6-10H2,1H3,(H,21,22). The molecule has 7 heteroatoms. The van der Waals surface area contributed by atoms with Crippen molar-refractivity contribution in [1.82, 2.24) is 9.80 Å². The lowest BCUT2D eigenvalue weighted by Gasteiger charge is -2.37. The Bertz CT molecular complexity index is 566. The zero-order chi connectivity index (χ0) is 17.0. The van der Waals surface area contributed by atoms with Gasteiger partial charge in [0.25, 0.3) is 5.91 Å². The first kappa shape index (κ1) is 18.0. The second kappa shape index (κ2) is 7.99. The van der Waals surface area contributed by atoms with Crippen molar-refractivity contribution < 1.29 is 14.7 Å². The summed E-state index contributed by atoms with van der Waals surface area (Å²) in [6, 6.07) is 5.19. The third-order valence-corrected chi connectivity index (χ3v) is 4.82. The topological polar surface area (TPSA) is 60.9 Å². The molecule has 0 bridgehead atoms. The van der Waals surface area contributed by atoms with Crippen LogP contribution in [0, 0.1) is 0 Å². The third kappa shape index (κ3) is 4.37. The summed E-state index contributed by atoms with van der Waals surface area (Å²) in [4.78, 5) is 27.2. The molecule has 0 aromatic heterocycles. The minimum absolute atomic E-state index is 0.0332.